The van der Waals surface area contributed by atoms with Crippen molar-refractivity contribution < 1.29 is 50.1 Å². The number of halogens is 1. The Morgan fingerprint density at radius 1 is 0.953 bits per heavy atom. The van der Waals surface area contributed by atoms with Crippen LogP contribution in [0.25, 0.3) is 0 Å². The van der Waals surface area contributed by atoms with Crippen LogP contribution in [0.3, 0.4) is 0 Å². The number of hydrogen-bond acceptors (Lipinski definition) is 9. The number of carboxylic acids is 1. The third-order valence-corrected chi connectivity index (χ3v) is 8.10. The Bertz CT molecular complexity index is 1050. The van der Waals surface area contributed by atoms with Gasteiger partial charge in [0.25, 0.3) is 0 Å². The fourth-order valence-electron chi connectivity index (χ4n) is 4.41. The summed E-state index contributed by atoms with van der Waals surface area (Å²) in [6.07, 6.45) is 9.75. The second-order valence-electron chi connectivity index (χ2n) is 10.8. The van der Waals surface area contributed by atoms with Crippen molar-refractivity contribution in [1.82, 2.24) is 0 Å². The van der Waals surface area contributed by atoms with Crippen molar-refractivity contribution in [2.75, 3.05) is 0 Å². The second kappa shape index (κ2) is 20.6. The molecule has 7 N–H and O–H groups in total. The Morgan fingerprint density at radius 3 is 2.26 bits per heavy atom. The summed E-state index contributed by atoms with van der Waals surface area (Å²) in [4.78, 5) is 23.2. The van der Waals surface area contributed by atoms with Crippen LogP contribution in [0.1, 0.15) is 59.3 Å². The van der Waals surface area contributed by atoms with Gasteiger partial charge in [-0.3, -0.25) is 4.79 Å². The summed E-state index contributed by atoms with van der Waals surface area (Å²) >= 11 is 3.39. The summed E-state index contributed by atoms with van der Waals surface area (Å²) in [5.41, 5.74) is 0.853. The van der Waals surface area contributed by atoms with E-state index in [0.717, 1.165) is 12.0 Å². The molecule has 10 nitrogen and oxygen atoms in total. The molecule has 0 aromatic carbocycles. The van der Waals surface area contributed by atoms with Gasteiger partial charge in [0.05, 0.1) is 36.4 Å². The summed E-state index contributed by atoms with van der Waals surface area (Å²) in [6, 6.07) is 0. The molecule has 0 aliphatic heterocycles. The Labute approximate surface area is 262 Å². The van der Waals surface area contributed by atoms with E-state index in [0.29, 0.717) is 10.9 Å². The molecule has 0 amide bonds. The van der Waals surface area contributed by atoms with Crippen molar-refractivity contribution in [1.29, 1.82) is 0 Å². The van der Waals surface area contributed by atoms with E-state index in [-0.39, 0.29) is 25.7 Å². The number of carbonyl (C=O) groups excluding carboxylic acids is 1. The Hall–Kier alpha value is -2.38. The van der Waals surface area contributed by atoms with E-state index in [1.807, 2.05) is 13.8 Å². The van der Waals surface area contributed by atoms with Gasteiger partial charge in [0.1, 0.15) is 12.2 Å². The first-order chi connectivity index (χ1) is 20.3. The second-order valence-corrected chi connectivity index (χ2v) is 11.7. The van der Waals surface area contributed by atoms with E-state index in [2.05, 4.69) is 15.9 Å². The minimum absolute atomic E-state index is 0.00717. The highest BCUT2D eigenvalue weighted by molar-refractivity contribution is 9.11. The predicted molar refractivity (Wildman–Crippen MR) is 167 cm³/mol. The highest BCUT2D eigenvalue weighted by Crippen LogP contribution is 2.27. The fourth-order valence-corrected chi connectivity index (χ4v) is 4.83. The first-order valence-electron chi connectivity index (χ1n) is 14.5. The number of hydrogen-bond donors (Lipinski definition) is 7. The average molecular weight is 672 g/mol. The Kier molecular flexibility index (Phi) is 18.5. The van der Waals surface area contributed by atoms with E-state index in [1.54, 1.807) is 55.5 Å². The zero-order valence-electron chi connectivity index (χ0n) is 24.9. The van der Waals surface area contributed by atoms with Gasteiger partial charge < -0.3 is 40.5 Å². The van der Waals surface area contributed by atoms with Gasteiger partial charge in [0.2, 0.25) is 0 Å². The molecule has 0 heterocycles. The molecule has 0 aromatic heterocycles. The van der Waals surface area contributed by atoms with Crippen LogP contribution in [0.15, 0.2) is 70.8 Å². The molecular weight excluding hydrogens is 624 g/mol. The van der Waals surface area contributed by atoms with Gasteiger partial charge in [-0.05, 0) is 26.2 Å². The zero-order valence-corrected chi connectivity index (χ0v) is 26.5. The van der Waals surface area contributed by atoms with E-state index in [1.165, 1.54) is 12.2 Å². The van der Waals surface area contributed by atoms with Gasteiger partial charge in [-0.25, -0.2) is 4.79 Å². The fraction of sp³-hybridized carbons (Fsp3) is 0.562. The summed E-state index contributed by atoms with van der Waals surface area (Å²) < 4.78 is 5.79. The van der Waals surface area contributed by atoms with Crippen molar-refractivity contribution in [2.24, 2.45) is 11.8 Å². The van der Waals surface area contributed by atoms with Gasteiger partial charge in [0, 0.05) is 35.7 Å². The van der Waals surface area contributed by atoms with Crippen molar-refractivity contribution >= 4 is 27.9 Å². The molecule has 9 atom stereocenters. The monoisotopic (exact) mass is 670 g/mol. The first kappa shape index (κ1) is 38.6. The molecule has 1 aliphatic rings. The van der Waals surface area contributed by atoms with Crippen LogP contribution in [0.5, 0.6) is 0 Å². The maximum absolute atomic E-state index is 12.0. The van der Waals surface area contributed by atoms with Crippen LogP contribution in [-0.4, -0.2) is 90.4 Å². The number of aliphatic hydroxyl groups excluding tert-OH is 6. The van der Waals surface area contributed by atoms with Gasteiger partial charge in [0.15, 0.2) is 0 Å². The number of allylic oxidation sites excluding steroid dienone is 9. The third-order valence-electron chi connectivity index (χ3n) is 7.11. The number of ether oxygens (including phenoxy) is 1. The summed E-state index contributed by atoms with van der Waals surface area (Å²) in [7, 11) is 0. The third kappa shape index (κ3) is 15.3. The lowest BCUT2D eigenvalue weighted by Gasteiger charge is -2.30. The number of carbonyl (C=O) groups is 2. The maximum Gasteiger partial charge on any atom is 0.331 e. The SMILES string of the molecule is CC/C=C/[C@@H](O)C[C@H](O)CC(O)[C@@H](O)[C@H](O)[C@H](C)/C(Br)=C/C=C/C=C(C)/C=C/C=C/C(=O)O[C@@H]1C[C@@H](C(=O)O)CC[C@@H]1O. The molecule has 0 aromatic rings. The number of aliphatic hydroxyl groups is 6. The van der Waals surface area contributed by atoms with Gasteiger partial charge >= 0.3 is 11.9 Å². The van der Waals surface area contributed by atoms with E-state index >= 15 is 0 Å². The molecular formula is C32H47BrO10. The van der Waals surface area contributed by atoms with Crippen LogP contribution in [0.4, 0.5) is 0 Å². The lowest BCUT2D eigenvalue weighted by atomic mass is 9.85. The van der Waals surface area contributed by atoms with Crippen molar-refractivity contribution in [2.45, 2.75) is 102 Å². The molecule has 1 fully saturated rings. The van der Waals surface area contributed by atoms with Crippen molar-refractivity contribution in [3.63, 3.8) is 0 Å². The highest BCUT2D eigenvalue weighted by Gasteiger charge is 2.35. The van der Waals surface area contributed by atoms with Gasteiger partial charge in [-0.2, -0.15) is 0 Å². The molecule has 1 saturated carbocycles. The Balaban J connectivity index is 2.56. The average Bonchev–Trinajstić information content (AvgIpc) is 2.95. The standard InChI is InChI=1S/C32H47BrO10/c1-4-5-12-23(34)18-24(35)19-27(37)31(40)30(39)21(3)25(33)13-8-6-10-20(2)11-7-9-14-29(38)43-28-17-22(32(41)42)15-16-26(28)36/h5-14,21-24,26-28,30-31,34-37,39-40H,4,15-19H2,1-3H3,(H,41,42)/b8-6+,11-7+,12-5+,14-9+,20-10+,25-13-/t21-,22+,23-,24+,26+,27?,28-,30-,31-/m1/s1. The zero-order chi connectivity index (χ0) is 32.5. The maximum atomic E-state index is 12.0. The van der Waals surface area contributed by atoms with Crippen molar-refractivity contribution in [3.05, 3.63) is 70.8 Å². The van der Waals surface area contributed by atoms with Crippen LogP contribution in [0.2, 0.25) is 0 Å². The van der Waals surface area contributed by atoms with Crippen LogP contribution in [-0.2, 0) is 14.3 Å². The number of carboxylic acid groups (broad SMARTS) is 1. The molecule has 0 radical (unpaired) electrons. The smallest absolute Gasteiger partial charge is 0.331 e. The first-order valence-corrected chi connectivity index (χ1v) is 15.3. The number of esters is 1. The van der Waals surface area contributed by atoms with Crippen LogP contribution in [0, 0.1) is 11.8 Å². The normalized spacial score (nSPS) is 24.8. The molecule has 1 unspecified atom stereocenters. The van der Waals surface area contributed by atoms with E-state index < -0.39 is 66.5 Å². The summed E-state index contributed by atoms with van der Waals surface area (Å²) in [6.45, 7) is 5.43. The molecule has 1 aliphatic carbocycles. The molecule has 0 saturated heterocycles. The quantitative estimate of drug-likeness (QED) is 0.0524. The minimum atomic E-state index is -1.51. The molecule has 0 bridgehead atoms. The minimum Gasteiger partial charge on any atom is -0.481 e. The lowest BCUT2D eigenvalue weighted by Crippen LogP contribution is -2.42. The summed E-state index contributed by atoms with van der Waals surface area (Å²) in [5, 5.41) is 70.3. The van der Waals surface area contributed by atoms with Crippen LogP contribution >= 0.6 is 15.9 Å². The molecule has 11 heteroatoms. The molecule has 0 spiro atoms. The molecule has 1 rings (SSSR count). The van der Waals surface area contributed by atoms with Gasteiger partial charge in [-0.1, -0.05) is 90.0 Å². The highest BCUT2D eigenvalue weighted by atomic mass is 79.9. The molecule has 43 heavy (non-hydrogen) atoms. The van der Waals surface area contributed by atoms with Gasteiger partial charge in [-0.15, -0.1) is 0 Å². The summed E-state index contributed by atoms with van der Waals surface area (Å²) in [5.74, 6) is -2.84. The number of aliphatic carboxylic acids is 1. The molecule has 242 valence electrons. The predicted octanol–water partition coefficient (Wildman–Crippen LogP) is 3.22. The Morgan fingerprint density at radius 2 is 1.60 bits per heavy atom. The van der Waals surface area contributed by atoms with E-state index in [4.69, 9.17) is 9.84 Å². The van der Waals surface area contributed by atoms with E-state index in [9.17, 15) is 40.2 Å². The topological polar surface area (TPSA) is 185 Å². The van der Waals surface area contributed by atoms with Crippen molar-refractivity contribution in [3.8, 4) is 0 Å². The lowest BCUT2D eigenvalue weighted by molar-refractivity contribution is -0.159. The number of rotatable bonds is 17. The van der Waals surface area contributed by atoms with Crippen LogP contribution < -0.4 is 0 Å². The largest absolute Gasteiger partial charge is 0.481 e.